The molecule has 19 heavy (non-hydrogen) atoms. The second-order valence-electron chi connectivity index (χ2n) is 5.01. The summed E-state index contributed by atoms with van der Waals surface area (Å²) in [6.45, 7) is 6.20. The van der Waals surface area contributed by atoms with Gasteiger partial charge in [-0.15, -0.1) is 21.5 Å². The molecule has 8 heteroatoms. The largest absolute Gasteiger partial charge is 0.477 e. The third-order valence-electron chi connectivity index (χ3n) is 2.38. The summed E-state index contributed by atoms with van der Waals surface area (Å²) in [5, 5.41) is 17.9. The van der Waals surface area contributed by atoms with Crippen molar-refractivity contribution in [3.63, 3.8) is 0 Å². The Bertz CT molecular complexity index is 612. The van der Waals surface area contributed by atoms with E-state index in [9.17, 15) is 4.79 Å². The van der Waals surface area contributed by atoms with Crippen molar-refractivity contribution in [3.8, 4) is 0 Å². The molecule has 0 fully saturated rings. The Hall–Kier alpha value is -1.41. The molecule has 2 aromatic rings. The highest BCUT2D eigenvalue weighted by atomic mass is 32.2. The highest BCUT2D eigenvalue weighted by Crippen LogP contribution is 2.31. The average molecular weight is 298 g/mol. The zero-order chi connectivity index (χ0) is 14.2. The molecule has 0 atom stereocenters. The molecule has 0 saturated heterocycles. The van der Waals surface area contributed by atoms with Gasteiger partial charge < -0.3 is 9.67 Å². The fraction of sp³-hybridized carbons (Fsp3) is 0.455. The van der Waals surface area contributed by atoms with Gasteiger partial charge in [-0.3, -0.25) is 0 Å². The Labute approximate surface area is 118 Å². The van der Waals surface area contributed by atoms with Crippen LogP contribution in [0, 0.1) is 0 Å². The molecule has 0 aliphatic heterocycles. The molecule has 0 aliphatic rings. The third-order valence-corrected chi connectivity index (χ3v) is 4.48. The van der Waals surface area contributed by atoms with Gasteiger partial charge in [-0.05, 0) is 11.8 Å². The minimum Gasteiger partial charge on any atom is -0.477 e. The average Bonchev–Trinajstić information content (AvgIpc) is 2.86. The molecule has 102 valence electrons. The van der Waals surface area contributed by atoms with Crippen LogP contribution in [0.2, 0.25) is 0 Å². The lowest BCUT2D eigenvalue weighted by Crippen LogP contribution is -2.17. The van der Waals surface area contributed by atoms with E-state index < -0.39 is 5.97 Å². The van der Waals surface area contributed by atoms with E-state index in [0.717, 1.165) is 17.2 Å². The number of aromatic nitrogens is 4. The highest BCUT2D eigenvalue weighted by molar-refractivity contribution is 8.00. The van der Waals surface area contributed by atoms with Crippen molar-refractivity contribution in [1.29, 1.82) is 0 Å². The van der Waals surface area contributed by atoms with Gasteiger partial charge in [0.25, 0.3) is 0 Å². The first kappa shape index (κ1) is 14.0. The Morgan fingerprint density at radius 2 is 2.11 bits per heavy atom. The molecule has 0 amide bonds. The van der Waals surface area contributed by atoms with Gasteiger partial charge >= 0.3 is 5.97 Å². The van der Waals surface area contributed by atoms with Crippen LogP contribution in [-0.2, 0) is 12.5 Å². The molecular formula is C11H14N4O2S2. The predicted molar refractivity (Wildman–Crippen MR) is 72.9 cm³/mol. The molecule has 0 saturated carbocycles. The van der Waals surface area contributed by atoms with E-state index in [4.69, 9.17) is 5.11 Å². The molecule has 0 aliphatic carbocycles. The smallest absolute Gasteiger partial charge is 0.347 e. The van der Waals surface area contributed by atoms with Crippen molar-refractivity contribution < 1.29 is 9.90 Å². The van der Waals surface area contributed by atoms with Gasteiger partial charge in [0.15, 0.2) is 9.50 Å². The van der Waals surface area contributed by atoms with Crippen LogP contribution >= 0.6 is 23.1 Å². The van der Waals surface area contributed by atoms with Crippen molar-refractivity contribution in [2.24, 2.45) is 7.05 Å². The number of rotatable bonds is 3. The van der Waals surface area contributed by atoms with E-state index in [1.807, 2.05) is 11.6 Å². The number of carbonyl (C=O) groups is 1. The summed E-state index contributed by atoms with van der Waals surface area (Å²) in [6.07, 6.45) is 1.36. The van der Waals surface area contributed by atoms with E-state index in [2.05, 4.69) is 36.0 Å². The second kappa shape index (κ2) is 4.93. The van der Waals surface area contributed by atoms with E-state index in [0.29, 0.717) is 9.50 Å². The van der Waals surface area contributed by atoms with Crippen molar-refractivity contribution in [1.82, 2.24) is 19.7 Å². The molecule has 0 spiro atoms. The van der Waals surface area contributed by atoms with Crippen LogP contribution in [0.15, 0.2) is 15.7 Å². The summed E-state index contributed by atoms with van der Waals surface area (Å²) >= 11 is 2.46. The fourth-order valence-corrected chi connectivity index (χ4v) is 3.25. The lowest BCUT2D eigenvalue weighted by atomic mass is 9.96. The quantitative estimate of drug-likeness (QED) is 0.937. The maximum absolute atomic E-state index is 10.8. The SMILES string of the molecule is Cn1c(Sc2ncc(C(=O)O)s2)nnc1C(C)(C)C. The normalized spacial score (nSPS) is 11.8. The monoisotopic (exact) mass is 298 g/mol. The highest BCUT2D eigenvalue weighted by Gasteiger charge is 2.23. The summed E-state index contributed by atoms with van der Waals surface area (Å²) in [4.78, 5) is 15.1. The molecule has 0 radical (unpaired) electrons. The zero-order valence-electron chi connectivity index (χ0n) is 11.0. The Balaban J connectivity index is 2.24. The predicted octanol–water partition coefficient (Wildman–Crippen LogP) is 2.42. The molecule has 2 rings (SSSR count). The first-order valence-corrected chi connectivity index (χ1v) is 7.19. The fourth-order valence-electron chi connectivity index (χ4n) is 1.54. The van der Waals surface area contributed by atoms with Gasteiger partial charge in [-0.2, -0.15) is 0 Å². The van der Waals surface area contributed by atoms with E-state index in [1.165, 1.54) is 18.0 Å². The molecule has 0 aromatic carbocycles. The van der Waals surface area contributed by atoms with Gasteiger partial charge in [-0.1, -0.05) is 20.8 Å². The van der Waals surface area contributed by atoms with Gasteiger partial charge in [0.1, 0.15) is 10.7 Å². The van der Waals surface area contributed by atoms with Crippen molar-refractivity contribution in [3.05, 3.63) is 16.9 Å². The number of hydrogen-bond donors (Lipinski definition) is 1. The standard InChI is InChI=1S/C11H14N4O2S2/c1-11(2,3)8-13-14-9(15(8)4)19-10-12-5-6(18-10)7(16)17/h5H,1-4H3,(H,16,17). The van der Waals surface area contributed by atoms with Crippen LogP contribution < -0.4 is 0 Å². The maximum atomic E-state index is 10.8. The van der Waals surface area contributed by atoms with Gasteiger partial charge in [-0.25, -0.2) is 9.78 Å². The first-order chi connectivity index (χ1) is 8.79. The second-order valence-corrected chi connectivity index (χ2v) is 7.26. The maximum Gasteiger partial charge on any atom is 0.347 e. The first-order valence-electron chi connectivity index (χ1n) is 5.56. The molecule has 1 N–H and O–H groups in total. The number of aromatic carboxylic acids is 1. The number of hydrogen-bond acceptors (Lipinski definition) is 6. The van der Waals surface area contributed by atoms with Crippen LogP contribution in [0.25, 0.3) is 0 Å². The van der Waals surface area contributed by atoms with Crippen molar-refractivity contribution >= 4 is 29.1 Å². The van der Waals surface area contributed by atoms with Crippen LogP contribution in [0.3, 0.4) is 0 Å². The number of thiazole rings is 1. The molecular weight excluding hydrogens is 284 g/mol. The summed E-state index contributed by atoms with van der Waals surface area (Å²) in [5.41, 5.74) is -0.0876. The van der Waals surface area contributed by atoms with Crippen LogP contribution in [0.1, 0.15) is 36.3 Å². The summed E-state index contributed by atoms with van der Waals surface area (Å²) < 4.78 is 2.56. The van der Waals surface area contributed by atoms with Gasteiger partial charge in [0, 0.05) is 12.5 Å². The number of nitrogens with zero attached hydrogens (tertiary/aromatic N) is 4. The lowest BCUT2D eigenvalue weighted by molar-refractivity contribution is 0.0702. The minimum atomic E-state index is -0.960. The Morgan fingerprint density at radius 1 is 1.42 bits per heavy atom. The van der Waals surface area contributed by atoms with E-state index in [-0.39, 0.29) is 10.3 Å². The van der Waals surface area contributed by atoms with Crippen molar-refractivity contribution in [2.75, 3.05) is 0 Å². The molecule has 2 heterocycles. The van der Waals surface area contributed by atoms with E-state index >= 15 is 0 Å². The van der Waals surface area contributed by atoms with Crippen LogP contribution in [0.5, 0.6) is 0 Å². The molecule has 2 aromatic heterocycles. The summed E-state index contributed by atoms with van der Waals surface area (Å²) in [6, 6.07) is 0. The van der Waals surface area contributed by atoms with Crippen LogP contribution in [0.4, 0.5) is 0 Å². The lowest BCUT2D eigenvalue weighted by Gasteiger charge is -2.16. The number of carboxylic acid groups (broad SMARTS) is 1. The Morgan fingerprint density at radius 3 is 2.58 bits per heavy atom. The molecule has 6 nitrogen and oxygen atoms in total. The minimum absolute atomic E-state index is 0.0876. The van der Waals surface area contributed by atoms with Crippen molar-refractivity contribution in [2.45, 2.75) is 35.7 Å². The third kappa shape index (κ3) is 2.95. The zero-order valence-corrected chi connectivity index (χ0v) is 12.7. The Kier molecular flexibility index (Phi) is 3.64. The van der Waals surface area contributed by atoms with Gasteiger partial charge in [0.2, 0.25) is 0 Å². The summed E-state index contributed by atoms with van der Waals surface area (Å²) in [7, 11) is 1.90. The number of carboxylic acids is 1. The summed E-state index contributed by atoms with van der Waals surface area (Å²) in [5.74, 6) is -0.0808. The molecule has 0 unspecified atom stereocenters. The van der Waals surface area contributed by atoms with Gasteiger partial charge in [0.05, 0.1) is 6.20 Å². The molecule has 0 bridgehead atoms. The van der Waals surface area contributed by atoms with E-state index in [1.54, 1.807) is 0 Å². The van der Waals surface area contributed by atoms with Crippen LogP contribution in [-0.4, -0.2) is 30.8 Å². The topological polar surface area (TPSA) is 80.9 Å².